The van der Waals surface area contributed by atoms with Crippen molar-refractivity contribution in [2.24, 2.45) is 0 Å². The Balaban J connectivity index is 0.00000256. The van der Waals surface area contributed by atoms with Gasteiger partial charge in [-0.05, 0) is 24.6 Å². The number of aryl methyl sites for hydroxylation is 1. The third kappa shape index (κ3) is 4.62. The molecule has 1 N–H and O–H groups in total. The first-order chi connectivity index (χ1) is 7.36. The molecule has 1 amide bonds. The van der Waals surface area contributed by atoms with E-state index in [4.69, 9.17) is 0 Å². The van der Waals surface area contributed by atoms with Gasteiger partial charge in [-0.15, -0.1) is 0 Å². The Labute approximate surface area is 142 Å². The van der Waals surface area contributed by atoms with Gasteiger partial charge in [0.15, 0.2) is 0 Å². The monoisotopic (exact) mass is 279 g/mol. The smallest absolute Gasteiger partial charge is 0.744 e. The molecule has 7 heteroatoms. The molecule has 1 rings (SSSR count). The number of nitrogens with one attached hydrogen (secondary N) is 1. The van der Waals surface area contributed by atoms with Crippen LogP contribution in [0.25, 0.3) is 0 Å². The molecule has 17 heavy (non-hydrogen) atoms. The normalized spacial score (nSPS) is 10.2. The van der Waals surface area contributed by atoms with E-state index in [0.717, 1.165) is 12.1 Å². The van der Waals surface area contributed by atoms with E-state index in [9.17, 15) is 17.8 Å². The minimum Gasteiger partial charge on any atom is -0.744 e. The van der Waals surface area contributed by atoms with Crippen molar-refractivity contribution in [1.29, 1.82) is 0 Å². The largest absolute Gasteiger partial charge is 1.00 e. The molecule has 0 aliphatic heterocycles. The number of hydrogen-bond donors (Lipinski definition) is 1. The molecule has 0 atom stereocenters. The minimum atomic E-state index is -4.61. The molecule has 0 unspecified atom stereocenters. The molecule has 1 aromatic rings. The average Bonchev–Trinajstić information content (AvgIpc) is 2.19. The molecule has 0 radical (unpaired) electrons. The Hall–Kier alpha value is -0.0236. The van der Waals surface area contributed by atoms with Crippen LogP contribution in [0.15, 0.2) is 35.7 Å². The Bertz CT molecular complexity index is 539. The Kier molecular flexibility index (Phi) is 6.78. The van der Waals surface area contributed by atoms with E-state index in [2.05, 4.69) is 11.9 Å². The second-order valence-electron chi connectivity index (χ2n) is 3.10. The number of anilines is 1. The van der Waals surface area contributed by atoms with Crippen LogP contribution in [-0.2, 0) is 14.9 Å². The van der Waals surface area contributed by atoms with Gasteiger partial charge in [-0.2, -0.15) is 0 Å². The molecule has 0 fully saturated rings. The van der Waals surface area contributed by atoms with Crippen LogP contribution in [0.2, 0.25) is 0 Å². The van der Waals surface area contributed by atoms with Crippen LogP contribution in [0.1, 0.15) is 5.56 Å². The molecule has 0 spiro atoms. The summed E-state index contributed by atoms with van der Waals surface area (Å²) >= 11 is 0. The average molecular weight is 279 g/mol. The van der Waals surface area contributed by atoms with E-state index in [1.807, 2.05) is 0 Å². The van der Waals surface area contributed by atoms with Crippen molar-refractivity contribution in [1.82, 2.24) is 0 Å². The molecule has 0 aromatic heterocycles. The fourth-order valence-electron chi connectivity index (χ4n) is 1.18. The second-order valence-corrected chi connectivity index (χ2v) is 4.44. The maximum atomic E-state index is 11.1. The summed E-state index contributed by atoms with van der Waals surface area (Å²) in [4.78, 5) is 10.6. The fraction of sp³-hybridized carbons (Fsp3) is 0.100. The topological polar surface area (TPSA) is 86.3 Å². The van der Waals surface area contributed by atoms with Gasteiger partial charge < -0.3 is 9.87 Å². The van der Waals surface area contributed by atoms with E-state index in [1.165, 1.54) is 6.07 Å². The number of carbonyl (C=O) groups excluding carboxylic acids is 1. The van der Waals surface area contributed by atoms with Gasteiger partial charge in [0.1, 0.15) is 10.1 Å². The van der Waals surface area contributed by atoms with Crippen molar-refractivity contribution < 1.29 is 69.1 Å². The summed E-state index contributed by atoms with van der Waals surface area (Å²) in [6.07, 6.45) is 0.994. The van der Waals surface area contributed by atoms with Gasteiger partial charge >= 0.3 is 51.4 Å². The number of rotatable bonds is 3. The summed E-state index contributed by atoms with van der Waals surface area (Å²) in [5.74, 6) is -0.570. The number of amides is 1. The maximum absolute atomic E-state index is 11.1. The first kappa shape index (κ1) is 17.0. The van der Waals surface area contributed by atoms with Crippen LogP contribution in [0.4, 0.5) is 5.69 Å². The van der Waals surface area contributed by atoms with Crippen LogP contribution in [0.3, 0.4) is 0 Å². The molecule has 0 saturated carbocycles. The molecular weight excluding hydrogens is 269 g/mol. The predicted octanol–water partition coefficient (Wildman–Crippen LogP) is -1.97. The zero-order valence-electron chi connectivity index (χ0n) is 9.56. The molecule has 0 aliphatic rings. The standard InChI is InChI=1S/C10H11NO4S.K/c1-3-9(12)11-10-7(2)5-4-6-8(10)16(13,14)15;/h3-6H,1H2,2H3,(H,11,12)(H,13,14,15);/q;+1/p-1. The second kappa shape index (κ2) is 6.79. The van der Waals surface area contributed by atoms with Crippen molar-refractivity contribution in [3.63, 3.8) is 0 Å². The molecule has 5 nitrogen and oxygen atoms in total. The van der Waals surface area contributed by atoms with Crippen LogP contribution in [0, 0.1) is 6.92 Å². The molecule has 0 saturated heterocycles. The van der Waals surface area contributed by atoms with Crippen molar-refractivity contribution in [2.75, 3.05) is 5.32 Å². The van der Waals surface area contributed by atoms with E-state index in [1.54, 1.807) is 13.0 Å². The molecule has 0 heterocycles. The van der Waals surface area contributed by atoms with Crippen LogP contribution < -0.4 is 56.7 Å². The summed E-state index contributed by atoms with van der Waals surface area (Å²) < 4.78 is 32.8. The fourth-order valence-corrected chi connectivity index (χ4v) is 1.89. The summed E-state index contributed by atoms with van der Waals surface area (Å²) in [5, 5.41) is 2.30. The summed E-state index contributed by atoms with van der Waals surface area (Å²) in [7, 11) is -4.61. The van der Waals surface area contributed by atoms with Gasteiger partial charge in [0.2, 0.25) is 5.91 Å². The van der Waals surface area contributed by atoms with Crippen molar-refractivity contribution in [3.05, 3.63) is 36.4 Å². The predicted molar refractivity (Wildman–Crippen MR) is 58.0 cm³/mol. The van der Waals surface area contributed by atoms with Crippen LogP contribution >= 0.6 is 0 Å². The zero-order chi connectivity index (χ0) is 12.3. The van der Waals surface area contributed by atoms with Crippen molar-refractivity contribution in [2.45, 2.75) is 11.8 Å². The number of hydrogen-bond acceptors (Lipinski definition) is 4. The number of carbonyl (C=O) groups is 1. The molecular formula is C10H10KNO4S. The molecule has 1 aromatic carbocycles. The molecule has 86 valence electrons. The zero-order valence-corrected chi connectivity index (χ0v) is 13.5. The van der Waals surface area contributed by atoms with Gasteiger partial charge in [0.05, 0.1) is 10.6 Å². The van der Waals surface area contributed by atoms with E-state index in [-0.39, 0.29) is 57.1 Å². The quantitative estimate of drug-likeness (QED) is 0.395. The van der Waals surface area contributed by atoms with E-state index >= 15 is 0 Å². The minimum absolute atomic E-state index is 0. The summed E-state index contributed by atoms with van der Waals surface area (Å²) in [5.41, 5.74) is 0.495. The first-order valence-electron chi connectivity index (χ1n) is 4.35. The summed E-state index contributed by atoms with van der Waals surface area (Å²) in [6, 6.07) is 4.17. The number of para-hydroxylation sites is 1. The third-order valence-corrected chi connectivity index (χ3v) is 2.82. The first-order valence-corrected chi connectivity index (χ1v) is 5.76. The summed E-state index contributed by atoms with van der Waals surface area (Å²) in [6.45, 7) is 4.83. The van der Waals surface area contributed by atoms with Gasteiger partial charge in [0.25, 0.3) is 0 Å². The van der Waals surface area contributed by atoms with Crippen LogP contribution in [0.5, 0.6) is 0 Å². The van der Waals surface area contributed by atoms with Gasteiger partial charge in [-0.25, -0.2) is 8.42 Å². The number of benzene rings is 1. The van der Waals surface area contributed by atoms with Crippen LogP contribution in [-0.4, -0.2) is 18.9 Å². The Morgan fingerprint density at radius 1 is 1.47 bits per heavy atom. The molecule has 0 aliphatic carbocycles. The maximum Gasteiger partial charge on any atom is 1.00 e. The third-order valence-electron chi connectivity index (χ3n) is 1.94. The van der Waals surface area contributed by atoms with E-state index < -0.39 is 20.9 Å². The van der Waals surface area contributed by atoms with Gasteiger partial charge in [0, 0.05) is 0 Å². The Morgan fingerprint density at radius 3 is 2.53 bits per heavy atom. The van der Waals surface area contributed by atoms with Crippen molar-refractivity contribution in [3.8, 4) is 0 Å². The van der Waals surface area contributed by atoms with Crippen molar-refractivity contribution >= 4 is 21.7 Å². The van der Waals surface area contributed by atoms with Gasteiger partial charge in [-0.3, -0.25) is 4.79 Å². The Morgan fingerprint density at radius 2 is 2.06 bits per heavy atom. The van der Waals surface area contributed by atoms with Gasteiger partial charge in [-0.1, -0.05) is 18.7 Å². The SMILES string of the molecule is C=CC(=O)Nc1c(C)cccc1S(=O)(=O)[O-].[K+]. The van der Waals surface area contributed by atoms with E-state index in [0.29, 0.717) is 5.56 Å². The molecule has 0 bridgehead atoms.